The van der Waals surface area contributed by atoms with E-state index in [0.29, 0.717) is 35.0 Å². The van der Waals surface area contributed by atoms with Crippen molar-refractivity contribution in [3.63, 3.8) is 0 Å². The van der Waals surface area contributed by atoms with Crippen molar-refractivity contribution in [1.82, 2.24) is 5.01 Å². The number of fused-ring (bicyclic) bond motifs is 3. The maximum absolute atomic E-state index is 12.4. The smallest absolute Gasteiger partial charge is 0.340 e. The van der Waals surface area contributed by atoms with Crippen molar-refractivity contribution in [2.24, 2.45) is 5.10 Å². The molecule has 0 amide bonds. The number of carbonyl (C=O) groups is 1. The second-order valence-corrected chi connectivity index (χ2v) is 8.29. The number of hydrogen-bond donors (Lipinski definition) is 1. The van der Waals surface area contributed by atoms with Crippen LogP contribution in [0.4, 0.5) is 0 Å². The Balaban J connectivity index is 1.65. The Morgan fingerprint density at radius 1 is 0.917 bits per heavy atom. The highest BCUT2D eigenvalue weighted by Gasteiger charge is 2.43. The average Bonchev–Trinajstić information content (AvgIpc) is 3.37. The van der Waals surface area contributed by atoms with E-state index < -0.39 is 12.2 Å². The first-order valence-electron chi connectivity index (χ1n) is 11.3. The molecule has 3 aromatic rings. The van der Waals surface area contributed by atoms with Crippen molar-refractivity contribution in [3.8, 4) is 28.7 Å². The SMILES string of the molecule is COc1ccc(C2=NN3[C@H](C2)c2ccccc2O[C@@H]3c2ccc(OC)c(OC)c2C(=O)O)cc1OC. The normalized spacial score (nSPS) is 17.9. The topological polar surface area (TPSA) is 99.1 Å². The molecule has 0 aromatic heterocycles. The Morgan fingerprint density at radius 2 is 1.64 bits per heavy atom. The third-order valence-electron chi connectivity index (χ3n) is 6.47. The van der Waals surface area contributed by atoms with Crippen molar-refractivity contribution < 1.29 is 33.6 Å². The van der Waals surface area contributed by atoms with Gasteiger partial charge in [-0.15, -0.1) is 0 Å². The molecule has 2 aliphatic rings. The molecule has 0 saturated carbocycles. The molecule has 0 unspecified atom stereocenters. The van der Waals surface area contributed by atoms with Gasteiger partial charge in [0.15, 0.2) is 23.0 Å². The fraction of sp³-hybridized carbons (Fsp3) is 0.259. The average molecular weight is 491 g/mol. The van der Waals surface area contributed by atoms with Crippen LogP contribution in [0.2, 0.25) is 0 Å². The lowest BCUT2D eigenvalue weighted by molar-refractivity contribution is -0.0199. The molecule has 0 aliphatic carbocycles. The van der Waals surface area contributed by atoms with Gasteiger partial charge in [0.2, 0.25) is 6.23 Å². The number of hydrazone groups is 1. The number of methoxy groups -OCH3 is 4. The largest absolute Gasteiger partial charge is 0.493 e. The summed E-state index contributed by atoms with van der Waals surface area (Å²) in [6, 6.07) is 16.6. The van der Waals surface area contributed by atoms with E-state index >= 15 is 0 Å². The van der Waals surface area contributed by atoms with Gasteiger partial charge in [0.25, 0.3) is 0 Å². The molecule has 0 bridgehead atoms. The minimum atomic E-state index is -1.15. The lowest BCUT2D eigenvalue weighted by Crippen LogP contribution is -2.34. The van der Waals surface area contributed by atoms with Gasteiger partial charge in [-0.1, -0.05) is 18.2 Å². The molecule has 0 spiro atoms. The number of aromatic carboxylic acids is 1. The maximum Gasteiger partial charge on any atom is 0.340 e. The molecule has 0 saturated heterocycles. The van der Waals surface area contributed by atoms with Crippen LogP contribution >= 0.6 is 0 Å². The number of carboxylic acid groups (broad SMARTS) is 1. The first kappa shape index (κ1) is 23.3. The molecule has 0 fully saturated rings. The third kappa shape index (κ3) is 3.73. The second kappa shape index (κ2) is 9.33. The molecule has 9 nitrogen and oxygen atoms in total. The molecule has 9 heteroatoms. The van der Waals surface area contributed by atoms with Crippen LogP contribution in [0.5, 0.6) is 28.7 Å². The molecule has 5 rings (SSSR count). The monoisotopic (exact) mass is 490 g/mol. The number of para-hydroxylation sites is 1. The summed E-state index contributed by atoms with van der Waals surface area (Å²) in [5.41, 5.74) is 3.06. The Labute approximate surface area is 208 Å². The van der Waals surface area contributed by atoms with Gasteiger partial charge < -0.3 is 28.8 Å². The minimum Gasteiger partial charge on any atom is -0.493 e. The van der Waals surface area contributed by atoms with Crippen LogP contribution in [-0.2, 0) is 0 Å². The predicted octanol–water partition coefficient (Wildman–Crippen LogP) is 4.66. The molecule has 186 valence electrons. The van der Waals surface area contributed by atoms with E-state index in [4.69, 9.17) is 28.8 Å². The zero-order valence-corrected chi connectivity index (χ0v) is 20.3. The Kier molecular flexibility index (Phi) is 6.05. The summed E-state index contributed by atoms with van der Waals surface area (Å²) in [5.74, 6) is 1.21. The summed E-state index contributed by atoms with van der Waals surface area (Å²) in [4.78, 5) is 12.4. The van der Waals surface area contributed by atoms with Gasteiger partial charge in [-0.3, -0.25) is 0 Å². The van der Waals surface area contributed by atoms with Crippen molar-refractivity contribution in [1.29, 1.82) is 0 Å². The zero-order valence-electron chi connectivity index (χ0n) is 20.3. The summed E-state index contributed by atoms with van der Waals surface area (Å²) in [5, 5.41) is 16.9. The summed E-state index contributed by atoms with van der Waals surface area (Å²) >= 11 is 0. The highest BCUT2D eigenvalue weighted by atomic mass is 16.5. The van der Waals surface area contributed by atoms with Gasteiger partial charge in [-0.05, 0) is 36.4 Å². The molecule has 2 atom stereocenters. The zero-order chi connectivity index (χ0) is 25.4. The van der Waals surface area contributed by atoms with Gasteiger partial charge >= 0.3 is 5.97 Å². The number of carboxylic acids is 1. The lowest BCUT2D eigenvalue weighted by Gasteiger charge is -2.38. The highest BCUT2D eigenvalue weighted by molar-refractivity contribution is 6.02. The second-order valence-electron chi connectivity index (χ2n) is 8.29. The van der Waals surface area contributed by atoms with E-state index in [-0.39, 0.29) is 17.4 Å². The lowest BCUT2D eigenvalue weighted by atomic mass is 9.95. The van der Waals surface area contributed by atoms with Crippen LogP contribution < -0.4 is 23.7 Å². The van der Waals surface area contributed by atoms with Crippen molar-refractivity contribution in [2.45, 2.75) is 18.7 Å². The van der Waals surface area contributed by atoms with E-state index in [1.165, 1.54) is 14.2 Å². The predicted molar refractivity (Wildman–Crippen MR) is 132 cm³/mol. The molecule has 3 aromatic carbocycles. The van der Waals surface area contributed by atoms with Crippen molar-refractivity contribution >= 4 is 11.7 Å². The van der Waals surface area contributed by atoms with Crippen LogP contribution in [0.25, 0.3) is 0 Å². The van der Waals surface area contributed by atoms with Crippen LogP contribution in [-0.4, -0.2) is 50.2 Å². The first-order valence-corrected chi connectivity index (χ1v) is 11.3. The minimum absolute atomic E-state index is 0.0326. The summed E-state index contributed by atoms with van der Waals surface area (Å²) in [6.07, 6.45) is -0.198. The third-order valence-corrected chi connectivity index (χ3v) is 6.47. The summed E-state index contributed by atoms with van der Waals surface area (Å²) in [6.45, 7) is 0. The van der Waals surface area contributed by atoms with Crippen LogP contribution in [0.3, 0.4) is 0 Å². The molecule has 36 heavy (non-hydrogen) atoms. The van der Waals surface area contributed by atoms with Gasteiger partial charge in [-0.2, -0.15) is 5.10 Å². The molecule has 0 radical (unpaired) electrons. The maximum atomic E-state index is 12.4. The van der Waals surface area contributed by atoms with E-state index in [1.54, 1.807) is 26.4 Å². The molecule has 2 heterocycles. The molecule has 2 aliphatic heterocycles. The standard InChI is InChI=1S/C27H26N2O7/c1-32-21-11-9-15(13-23(21)34-3)18-14-19-16-7-5-6-8-20(16)36-26(29(19)28-18)17-10-12-22(33-2)25(35-4)24(17)27(30)31/h5-13,19,26H,14H2,1-4H3,(H,30,31)/t19-,26-/m1/s1. The Morgan fingerprint density at radius 3 is 2.33 bits per heavy atom. The van der Waals surface area contributed by atoms with Crippen LogP contribution in [0.1, 0.15) is 45.7 Å². The van der Waals surface area contributed by atoms with Crippen LogP contribution in [0, 0.1) is 0 Å². The fourth-order valence-corrected chi connectivity index (χ4v) is 4.80. The Bertz CT molecular complexity index is 1350. The van der Waals surface area contributed by atoms with Gasteiger partial charge in [0, 0.05) is 23.1 Å². The van der Waals surface area contributed by atoms with Gasteiger partial charge in [0.05, 0.1) is 40.2 Å². The molecule has 1 N–H and O–H groups in total. The van der Waals surface area contributed by atoms with E-state index in [1.807, 2.05) is 47.5 Å². The van der Waals surface area contributed by atoms with Gasteiger partial charge in [0.1, 0.15) is 11.3 Å². The fourth-order valence-electron chi connectivity index (χ4n) is 4.80. The summed E-state index contributed by atoms with van der Waals surface area (Å²) < 4.78 is 28.0. The molecular formula is C27H26N2O7. The number of ether oxygens (including phenoxy) is 5. The number of hydrogen-bond acceptors (Lipinski definition) is 8. The van der Waals surface area contributed by atoms with Crippen molar-refractivity contribution in [2.75, 3.05) is 28.4 Å². The van der Waals surface area contributed by atoms with Gasteiger partial charge in [-0.25, -0.2) is 9.80 Å². The number of rotatable bonds is 7. The first-order chi connectivity index (χ1) is 17.5. The van der Waals surface area contributed by atoms with Crippen molar-refractivity contribution in [3.05, 3.63) is 76.9 Å². The number of benzene rings is 3. The molecular weight excluding hydrogens is 464 g/mol. The Hall–Kier alpha value is -4.40. The summed E-state index contributed by atoms with van der Waals surface area (Å²) in [7, 11) is 6.06. The highest BCUT2D eigenvalue weighted by Crippen LogP contribution is 2.49. The van der Waals surface area contributed by atoms with E-state index in [9.17, 15) is 9.90 Å². The number of nitrogens with zero attached hydrogens (tertiary/aromatic N) is 2. The quantitative estimate of drug-likeness (QED) is 0.511. The van der Waals surface area contributed by atoms with E-state index in [0.717, 1.165) is 16.8 Å². The van der Waals surface area contributed by atoms with Crippen LogP contribution in [0.15, 0.2) is 59.7 Å². The van der Waals surface area contributed by atoms with E-state index in [2.05, 4.69) is 0 Å².